The van der Waals surface area contributed by atoms with Gasteiger partial charge in [-0.05, 0) is 45.8 Å². The molecule has 0 aliphatic carbocycles. The molecule has 2 unspecified atom stereocenters. The molecule has 1 aliphatic rings. The minimum atomic E-state index is 0.443. The topological polar surface area (TPSA) is 24.5 Å². The Labute approximate surface area is 129 Å². The van der Waals surface area contributed by atoms with Crippen molar-refractivity contribution in [2.75, 3.05) is 33.4 Å². The van der Waals surface area contributed by atoms with Crippen LogP contribution in [0.3, 0.4) is 0 Å². The first kappa shape index (κ1) is 16.5. The number of nitrogens with one attached hydrogen (secondary N) is 1. The van der Waals surface area contributed by atoms with Crippen LogP contribution >= 0.6 is 0 Å². The van der Waals surface area contributed by atoms with Gasteiger partial charge in [0.25, 0.3) is 0 Å². The molecule has 1 saturated heterocycles. The molecule has 118 valence electrons. The Morgan fingerprint density at radius 2 is 2.00 bits per heavy atom. The molecule has 0 saturated carbocycles. The van der Waals surface area contributed by atoms with Gasteiger partial charge in [-0.3, -0.25) is 0 Å². The van der Waals surface area contributed by atoms with Crippen molar-refractivity contribution < 1.29 is 4.74 Å². The minimum Gasteiger partial charge on any atom is -0.380 e. The van der Waals surface area contributed by atoms with Crippen molar-refractivity contribution in [3.8, 4) is 0 Å². The number of aryl methyl sites for hydroxylation is 2. The Bertz CT molecular complexity index is 421. The highest BCUT2D eigenvalue weighted by atomic mass is 16.5. The zero-order valence-corrected chi connectivity index (χ0v) is 14.0. The summed E-state index contributed by atoms with van der Waals surface area (Å²) in [4.78, 5) is 2.46. The van der Waals surface area contributed by atoms with Gasteiger partial charge in [0.2, 0.25) is 0 Å². The molecule has 1 heterocycles. The minimum absolute atomic E-state index is 0.443. The molecule has 1 aliphatic heterocycles. The van der Waals surface area contributed by atoms with Crippen molar-refractivity contribution in [3.05, 3.63) is 34.9 Å². The van der Waals surface area contributed by atoms with Gasteiger partial charge in [0, 0.05) is 25.2 Å². The average Bonchev–Trinajstić information content (AvgIpc) is 2.96. The van der Waals surface area contributed by atoms with Crippen molar-refractivity contribution in [2.24, 2.45) is 0 Å². The van der Waals surface area contributed by atoms with Crippen molar-refractivity contribution >= 4 is 0 Å². The Hall–Kier alpha value is -0.900. The monoisotopic (exact) mass is 290 g/mol. The first-order chi connectivity index (χ1) is 10.1. The molecule has 1 N–H and O–H groups in total. The van der Waals surface area contributed by atoms with Crippen molar-refractivity contribution in [1.29, 1.82) is 0 Å². The van der Waals surface area contributed by atoms with Gasteiger partial charge < -0.3 is 15.0 Å². The van der Waals surface area contributed by atoms with Gasteiger partial charge >= 0.3 is 0 Å². The Morgan fingerprint density at radius 3 is 2.57 bits per heavy atom. The molecular formula is C18H30N2O. The van der Waals surface area contributed by atoms with Gasteiger partial charge in [0.1, 0.15) is 0 Å². The number of ether oxygens (including phenoxy) is 1. The molecule has 1 aromatic rings. The van der Waals surface area contributed by atoms with Crippen LogP contribution in [0, 0.1) is 13.8 Å². The molecule has 0 spiro atoms. The lowest BCUT2D eigenvalue weighted by atomic mass is 9.98. The third-order valence-corrected chi connectivity index (χ3v) is 4.40. The second-order valence-corrected chi connectivity index (χ2v) is 6.32. The zero-order valence-electron chi connectivity index (χ0n) is 14.0. The predicted octanol–water partition coefficient (Wildman–Crippen LogP) is 3.06. The second kappa shape index (κ2) is 7.92. The Balaban J connectivity index is 1.97. The standard InChI is InChI=1S/C18H30N2O/c1-5-19-18(16-11-14(2)10-15(3)12-16)6-8-20(4)17-7-9-21-13-17/h10-12,17-19H,5-9,13H2,1-4H3. The highest BCUT2D eigenvalue weighted by Crippen LogP contribution is 2.21. The van der Waals surface area contributed by atoms with Gasteiger partial charge in [-0.2, -0.15) is 0 Å². The molecule has 3 heteroatoms. The van der Waals surface area contributed by atoms with E-state index in [4.69, 9.17) is 4.74 Å². The molecule has 0 aromatic heterocycles. The average molecular weight is 290 g/mol. The molecule has 21 heavy (non-hydrogen) atoms. The van der Waals surface area contributed by atoms with Crippen molar-refractivity contribution in [3.63, 3.8) is 0 Å². The van der Waals surface area contributed by atoms with Crippen LogP contribution in [0.2, 0.25) is 0 Å². The summed E-state index contributed by atoms with van der Waals surface area (Å²) < 4.78 is 5.49. The van der Waals surface area contributed by atoms with E-state index in [1.807, 2.05) is 0 Å². The SMILES string of the molecule is CCNC(CCN(C)C1CCOC1)c1cc(C)cc(C)c1. The first-order valence-electron chi connectivity index (χ1n) is 8.19. The number of hydrogen-bond donors (Lipinski definition) is 1. The lowest BCUT2D eigenvalue weighted by Gasteiger charge is -2.26. The fraction of sp³-hybridized carbons (Fsp3) is 0.667. The molecule has 2 rings (SSSR count). The van der Waals surface area contributed by atoms with E-state index >= 15 is 0 Å². The van der Waals surface area contributed by atoms with E-state index in [9.17, 15) is 0 Å². The third-order valence-electron chi connectivity index (χ3n) is 4.40. The van der Waals surface area contributed by atoms with Gasteiger partial charge in [-0.15, -0.1) is 0 Å². The number of hydrogen-bond acceptors (Lipinski definition) is 3. The summed E-state index contributed by atoms with van der Waals surface area (Å²) in [6, 6.07) is 7.93. The lowest BCUT2D eigenvalue weighted by Crippen LogP contribution is -2.35. The molecule has 1 fully saturated rings. The Morgan fingerprint density at radius 1 is 1.29 bits per heavy atom. The summed E-state index contributed by atoms with van der Waals surface area (Å²) in [5, 5.41) is 3.64. The number of likely N-dealkylation sites (N-methyl/N-ethyl adjacent to an activating group) is 1. The van der Waals surface area contributed by atoms with Gasteiger partial charge in [0.15, 0.2) is 0 Å². The van der Waals surface area contributed by atoms with Crippen LogP contribution in [0.5, 0.6) is 0 Å². The van der Waals surface area contributed by atoms with E-state index in [2.05, 4.69) is 56.2 Å². The maximum Gasteiger partial charge on any atom is 0.0622 e. The summed E-state index contributed by atoms with van der Waals surface area (Å²) in [5.41, 5.74) is 4.13. The number of rotatable bonds is 7. The van der Waals surface area contributed by atoms with Gasteiger partial charge in [-0.1, -0.05) is 36.2 Å². The number of benzene rings is 1. The summed E-state index contributed by atoms with van der Waals surface area (Å²) in [6.45, 7) is 10.5. The van der Waals surface area contributed by atoms with Crippen LogP contribution in [-0.2, 0) is 4.74 Å². The van der Waals surface area contributed by atoms with Gasteiger partial charge in [0.05, 0.1) is 6.61 Å². The molecule has 2 atom stereocenters. The maximum absolute atomic E-state index is 5.49. The fourth-order valence-corrected chi connectivity index (χ4v) is 3.23. The van der Waals surface area contributed by atoms with E-state index in [1.165, 1.54) is 23.1 Å². The van der Waals surface area contributed by atoms with Gasteiger partial charge in [-0.25, -0.2) is 0 Å². The quantitative estimate of drug-likeness (QED) is 0.835. The van der Waals surface area contributed by atoms with Crippen LogP contribution in [0.1, 0.15) is 42.5 Å². The van der Waals surface area contributed by atoms with E-state index in [0.717, 1.165) is 32.7 Å². The lowest BCUT2D eigenvalue weighted by molar-refractivity contribution is 0.156. The molecular weight excluding hydrogens is 260 g/mol. The van der Waals surface area contributed by atoms with Crippen LogP contribution in [-0.4, -0.2) is 44.3 Å². The van der Waals surface area contributed by atoms with Crippen LogP contribution in [0.4, 0.5) is 0 Å². The normalized spacial score (nSPS) is 20.1. The predicted molar refractivity (Wildman–Crippen MR) is 88.8 cm³/mol. The summed E-state index contributed by atoms with van der Waals surface area (Å²) in [7, 11) is 2.23. The van der Waals surface area contributed by atoms with Crippen LogP contribution in [0.25, 0.3) is 0 Å². The zero-order chi connectivity index (χ0) is 15.2. The highest BCUT2D eigenvalue weighted by molar-refractivity contribution is 5.30. The molecule has 3 nitrogen and oxygen atoms in total. The third kappa shape index (κ3) is 4.80. The number of nitrogens with zero attached hydrogens (tertiary/aromatic N) is 1. The van der Waals surface area contributed by atoms with E-state index in [-0.39, 0.29) is 0 Å². The molecule has 1 aromatic carbocycles. The molecule has 0 bridgehead atoms. The molecule has 0 radical (unpaired) electrons. The van der Waals surface area contributed by atoms with Crippen molar-refractivity contribution in [2.45, 2.75) is 45.7 Å². The fourth-order valence-electron chi connectivity index (χ4n) is 3.23. The highest BCUT2D eigenvalue weighted by Gasteiger charge is 2.21. The van der Waals surface area contributed by atoms with E-state index in [0.29, 0.717) is 12.1 Å². The van der Waals surface area contributed by atoms with Crippen LogP contribution in [0.15, 0.2) is 18.2 Å². The summed E-state index contributed by atoms with van der Waals surface area (Å²) in [5.74, 6) is 0. The molecule has 0 amide bonds. The van der Waals surface area contributed by atoms with E-state index < -0.39 is 0 Å². The van der Waals surface area contributed by atoms with Crippen LogP contribution < -0.4 is 5.32 Å². The Kier molecular flexibility index (Phi) is 6.22. The van der Waals surface area contributed by atoms with Crippen molar-refractivity contribution in [1.82, 2.24) is 10.2 Å². The largest absolute Gasteiger partial charge is 0.380 e. The van der Waals surface area contributed by atoms with E-state index in [1.54, 1.807) is 0 Å². The smallest absolute Gasteiger partial charge is 0.0622 e. The second-order valence-electron chi connectivity index (χ2n) is 6.32. The maximum atomic E-state index is 5.49. The first-order valence-corrected chi connectivity index (χ1v) is 8.19. The summed E-state index contributed by atoms with van der Waals surface area (Å²) in [6.07, 6.45) is 2.32. The summed E-state index contributed by atoms with van der Waals surface area (Å²) >= 11 is 0.